The van der Waals surface area contributed by atoms with Crippen LogP contribution in [0.1, 0.15) is 32.3 Å². The normalized spacial score (nSPS) is 23.7. The summed E-state index contributed by atoms with van der Waals surface area (Å²) >= 11 is 0. The first-order valence-electron chi connectivity index (χ1n) is 5.97. The lowest BCUT2D eigenvalue weighted by Crippen LogP contribution is -2.40. The second-order valence-electron chi connectivity index (χ2n) is 5.76. The molecule has 17 heavy (non-hydrogen) atoms. The first-order valence-corrected chi connectivity index (χ1v) is 5.97. The Kier molecular flexibility index (Phi) is 2.86. The molecule has 0 spiro atoms. The molecule has 0 radical (unpaired) electrons. The third kappa shape index (κ3) is 2.14. The van der Waals surface area contributed by atoms with Crippen molar-refractivity contribution in [1.82, 2.24) is 0 Å². The smallest absolute Gasteiger partial charge is 0.311 e. The largest absolute Gasteiger partial charge is 0.481 e. The summed E-state index contributed by atoms with van der Waals surface area (Å²) in [6.07, 6.45) is 0. The Hall–Kier alpha value is -1.51. The van der Waals surface area contributed by atoms with Gasteiger partial charge in [-0.3, -0.25) is 4.79 Å². The minimum atomic E-state index is -0.723. The number of para-hydroxylation sites is 1. The number of anilines is 1. The van der Waals surface area contributed by atoms with Gasteiger partial charge in [-0.1, -0.05) is 39.0 Å². The van der Waals surface area contributed by atoms with E-state index in [-0.39, 0.29) is 11.3 Å². The van der Waals surface area contributed by atoms with Crippen LogP contribution in [0.4, 0.5) is 5.69 Å². The van der Waals surface area contributed by atoms with Gasteiger partial charge in [-0.15, -0.1) is 0 Å². The number of hydrogen-bond acceptors (Lipinski definition) is 2. The molecule has 0 aliphatic carbocycles. The van der Waals surface area contributed by atoms with Gasteiger partial charge in [0.15, 0.2) is 0 Å². The van der Waals surface area contributed by atoms with Crippen LogP contribution in [0.25, 0.3) is 0 Å². The molecule has 0 bridgehead atoms. The lowest BCUT2D eigenvalue weighted by Gasteiger charge is -2.40. The standard InChI is InChI=1S/C14H19NO2/c1-14(2,3)10-8-15-11-7-5-4-6-9(11)12(10)13(16)17/h4-7,10,12,15H,8H2,1-3H3,(H,16,17). The lowest BCUT2D eigenvalue weighted by molar-refractivity contribution is -0.141. The Labute approximate surface area is 102 Å². The molecule has 0 fully saturated rings. The number of hydrogen-bond donors (Lipinski definition) is 2. The van der Waals surface area contributed by atoms with E-state index in [4.69, 9.17) is 0 Å². The van der Waals surface area contributed by atoms with Crippen LogP contribution in [0.3, 0.4) is 0 Å². The zero-order chi connectivity index (χ0) is 12.6. The highest BCUT2D eigenvalue weighted by Gasteiger charge is 2.40. The van der Waals surface area contributed by atoms with Gasteiger partial charge in [0, 0.05) is 12.2 Å². The van der Waals surface area contributed by atoms with Gasteiger partial charge in [0.05, 0.1) is 5.92 Å². The zero-order valence-electron chi connectivity index (χ0n) is 10.5. The van der Waals surface area contributed by atoms with E-state index in [1.807, 2.05) is 24.3 Å². The molecule has 2 rings (SSSR count). The molecule has 0 amide bonds. The first kappa shape index (κ1) is 12.0. The quantitative estimate of drug-likeness (QED) is 0.784. The molecule has 1 aromatic carbocycles. The van der Waals surface area contributed by atoms with Gasteiger partial charge in [-0.25, -0.2) is 0 Å². The molecule has 2 unspecified atom stereocenters. The second-order valence-corrected chi connectivity index (χ2v) is 5.76. The molecule has 1 heterocycles. The summed E-state index contributed by atoms with van der Waals surface area (Å²) in [4.78, 5) is 11.5. The predicted octanol–water partition coefficient (Wildman–Crippen LogP) is 2.94. The van der Waals surface area contributed by atoms with E-state index in [1.54, 1.807) is 0 Å². The number of nitrogens with one attached hydrogen (secondary N) is 1. The summed E-state index contributed by atoms with van der Waals surface area (Å²) in [6, 6.07) is 7.70. The van der Waals surface area contributed by atoms with E-state index in [0.717, 1.165) is 17.8 Å². The topological polar surface area (TPSA) is 49.3 Å². The first-order chi connectivity index (χ1) is 7.91. The highest BCUT2D eigenvalue weighted by Crippen LogP contribution is 2.43. The lowest BCUT2D eigenvalue weighted by atomic mass is 9.69. The average Bonchev–Trinajstić information content (AvgIpc) is 2.26. The fraction of sp³-hybridized carbons (Fsp3) is 0.500. The van der Waals surface area contributed by atoms with Crippen LogP contribution < -0.4 is 5.32 Å². The zero-order valence-corrected chi connectivity index (χ0v) is 10.5. The maximum absolute atomic E-state index is 11.5. The molecule has 1 aliphatic heterocycles. The van der Waals surface area contributed by atoms with Crippen LogP contribution in [0.15, 0.2) is 24.3 Å². The summed E-state index contributed by atoms with van der Waals surface area (Å²) in [7, 11) is 0. The van der Waals surface area contributed by atoms with Gasteiger partial charge in [-0.2, -0.15) is 0 Å². The Morgan fingerprint density at radius 3 is 2.59 bits per heavy atom. The molecule has 0 saturated heterocycles. The minimum absolute atomic E-state index is 0.0242. The highest BCUT2D eigenvalue weighted by atomic mass is 16.4. The molecular weight excluding hydrogens is 214 g/mol. The molecule has 2 N–H and O–H groups in total. The van der Waals surface area contributed by atoms with E-state index in [9.17, 15) is 9.90 Å². The number of carbonyl (C=O) groups is 1. The van der Waals surface area contributed by atoms with Gasteiger partial charge < -0.3 is 10.4 Å². The SMILES string of the molecule is CC(C)(C)C1CNc2ccccc2C1C(=O)O. The maximum Gasteiger partial charge on any atom is 0.311 e. The molecule has 3 nitrogen and oxygen atoms in total. The van der Waals surface area contributed by atoms with Crippen LogP contribution in [-0.2, 0) is 4.79 Å². The third-order valence-electron chi connectivity index (χ3n) is 3.59. The highest BCUT2D eigenvalue weighted by molar-refractivity contribution is 5.80. The molecular formula is C14H19NO2. The van der Waals surface area contributed by atoms with Crippen molar-refractivity contribution < 1.29 is 9.90 Å². The van der Waals surface area contributed by atoms with Gasteiger partial charge in [0.25, 0.3) is 0 Å². The Balaban J connectivity index is 2.47. The summed E-state index contributed by atoms with van der Waals surface area (Å²) in [6.45, 7) is 7.02. The van der Waals surface area contributed by atoms with Crippen LogP contribution in [0.5, 0.6) is 0 Å². The van der Waals surface area contributed by atoms with Gasteiger partial charge in [0.1, 0.15) is 0 Å². The maximum atomic E-state index is 11.5. The van der Waals surface area contributed by atoms with Crippen LogP contribution >= 0.6 is 0 Å². The molecule has 1 aromatic rings. The molecule has 0 saturated carbocycles. The fourth-order valence-corrected chi connectivity index (χ4v) is 2.60. The Morgan fingerprint density at radius 2 is 2.00 bits per heavy atom. The predicted molar refractivity (Wildman–Crippen MR) is 68.3 cm³/mol. The summed E-state index contributed by atoms with van der Waals surface area (Å²) in [5.41, 5.74) is 1.84. The Bertz CT molecular complexity index is 434. The third-order valence-corrected chi connectivity index (χ3v) is 3.59. The summed E-state index contributed by atoms with van der Waals surface area (Å²) in [5.74, 6) is -1.03. The van der Waals surface area contributed by atoms with E-state index < -0.39 is 11.9 Å². The van der Waals surface area contributed by atoms with Crippen LogP contribution in [-0.4, -0.2) is 17.6 Å². The van der Waals surface area contributed by atoms with Crippen molar-refractivity contribution in [2.24, 2.45) is 11.3 Å². The molecule has 2 atom stereocenters. The fourth-order valence-electron chi connectivity index (χ4n) is 2.60. The van der Waals surface area contributed by atoms with Crippen molar-refractivity contribution in [1.29, 1.82) is 0 Å². The van der Waals surface area contributed by atoms with E-state index in [2.05, 4.69) is 26.1 Å². The minimum Gasteiger partial charge on any atom is -0.481 e. The second kappa shape index (κ2) is 4.06. The number of carboxylic acid groups (broad SMARTS) is 1. The van der Waals surface area contributed by atoms with Crippen molar-refractivity contribution in [2.75, 3.05) is 11.9 Å². The summed E-state index contributed by atoms with van der Waals surface area (Å²) < 4.78 is 0. The number of fused-ring (bicyclic) bond motifs is 1. The van der Waals surface area contributed by atoms with Crippen molar-refractivity contribution in [3.05, 3.63) is 29.8 Å². The molecule has 1 aliphatic rings. The van der Waals surface area contributed by atoms with Crippen LogP contribution in [0, 0.1) is 11.3 Å². The van der Waals surface area contributed by atoms with E-state index in [0.29, 0.717) is 0 Å². The van der Waals surface area contributed by atoms with Gasteiger partial charge in [0.2, 0.25) is 0 Å². The molecule has 3 heteroatoms. The van der Waals surface area contributed by atoms with Crippen molar-refractivity contribution in [3.8, 4) is 0 Å². The van der Waals surface area contributed by atoms with Crippen molar-refractivity contribution in [2.45, 2.75) is 26.7 Å². The number of benzene rings is 1. The van der Waals surface area contributed by atoms with Crippen LogP contribution in [0.2, 0.25) is 0 Å². The Morgan fingerprint density at radius 1 is 1.35 bits per heavy atom. The molecule has 0 aromatic heterocycles. The summed E-state index contributed by atoms with van der Waals surface area (Å²) in [5, 5.41) is 12.8. The van der Waals surface area contributed by atoms with E-state index >= 15 is 0 Å². The van der Waals surface area contributed by atoms with Crippen molar-refractivity contribution >= 4 is 11.7 Å². The number of rotatable bonds is 1. The number of aliphatic carboxylic acids is 1. The van der Waals surface area contributed by atoms with Crippen molar-refractivity contribution in [3.63, 3.8) is 0 Å². The van der Waals surface area contributed by atoms with Gasteiger partial charge >= 0.3 is 5.97 Å². The van der Waals surface area contributed by atoms with E-state index in [1.165, 1.54) is 0 Å². The average molecular weight is 233 g/mol. The molecule has 92 valence electrons. The monoisotopic (exact) mass is 233 g/mol. The number of carboxylic acids is 1. The van der Waals surface area contributed by atoms with Gasteiger partial charge in [-0.05, 0) is 23.0 Å².